The first kappa shape index (κ1) is 53.1. The third kappa shape index (κ3) is 29.9. The van der Waals surface area contributed by atoms with Gasteiger partial charge in [0.05, 0.1) is 6.61 Å². The van der Waals surface area contributed by atoms with Crippen molar-refractivity contribution < 1.29 is 56.8 Å². The average Bonchev–Trinajstić information content (AvgIpc) is 3.17. The van der Waals surface area contributed by atoms with Crippen LogP contribution in [0.25, 0.3) is 0 Å². The van der Waals surface area contributed by atoms with Crippen molar-refractivity contribution in [2.75, 3.05) is 19.0 Å². The molecule has 1 saturated heterocycles. The third-order valence-electron chi connectivity index (χ3n) is 10.3. The van der Waals surface area contributed by atoms with E-state index in [4.69, 9.17) is 18.9 Å². The molecular formula is C44H80O12S. The Morgan fingerprint density at radius 3 is 1.47 bits per heavy atom. The summed E-state index contributed by atoms with van der Waals surface area (Å²) in [5.74, 6) is -2.01. The van der Waals surface area contributed by atoms with Crippen molar-refractivity contribution in [2.24, 2.45) is 0 Å². The molecule has 0 bridgehead atoms. The van der Waals surface area contributed by atoms with Gasteiger partial charge in [0.2, 0.25) is 0 Å². The number of aliphatic hydroxyl groups is 3. The summed E-state index contributed by atoms with van der Waals surface area (Å²) in [5, 5.41) is 30.8. The van der Waals surface area contributed by atoms with E-state index >= 15 is 0 Å². The molecule has 1 rings (SSSR count). The zero-order chi connectivity index (χ0) is 42.0. The van der Waals surface area contributed by atoms with Crippen LogP contribution in [0.5, 0.6) is 0 Å². The molecule has 0 aromatic rings. The normalized spacial score (nSPS) is 20.7. The zero-order valence-corrected chi connectivity index (χ0v) is 36.3. The first-order valence-electron chi connectivity index (χ1n) is 22.4. The molecule has 0 aromatic heterocycles. The number of ether oxygens (including phenoxy) is 4. The predicted molar refractivity (Wildman–Crippen MR) is 224 cm³/mol. The minimum absolute atomic E-state index is 0.153. The van der Waals surface area contributed by atoms with Crippen LogP contribution in [-0.2, 0) is 38.7 Å². The summed E-state index contributed by atoms with van der Waals surface area (Å²) in [6.45, 7) is 3.73. The van der Waals surface area contributed by atoms with Gasteiger partial charge in [0.25, 0.3) is 10.1 Å². The number of unbranched alkanes of at least 4 members (excludes halogenated alkanes) is 21. The van der Waals surface area contributed by atoms with Gasteiger partial charge in [0.15, 0.2) is 12.4 Å². The smallest absolute Gasteiger partial charge is 0.306 e. The van der Waals surface area contributed by atoms with Crippen LogP contribution in [0.3, 0.4) is 0 Å². The van der Waals surface area contributed by atoms with Crippen LogP contribution in [0.2, 0.25) is 0 Å². The summed E-state index contributed by atoms with van der Waals surface area (Å²) in [6, 6.07) is 0. The zero-order valence-electron chi connectivity index (χ0n) is 35.4. The SMILES string of the molecule is CCCCCCC/C=C/CCCCCCCC(=O)O[C@H](COC(=O)CCCCC/C=C/CCCCCCCCCC)CO[C@H]1O[C@H](CS(=O)(=O)O)[C@@H](O)C(O)C1O. The molecular weight excluding hydrogens is 753 g/mol. The van der Waals surface area contributed by atoms with E-state index in [1.807, 2.05) is 0 Å². The van der Waals surface area contributed by atoms with Crippen LogP contribution in [0, 0.1) is 0 Å². The quantitative estimate of drug-likeness (QED) is 0.0202. The molecule has 334 valence electrons. The Labute approximate surface area is 345 Å². The van der Waals surface area contributed by atoms with Crippen molar-refractivity contribution in [2.45, 2.75) is 224 Å². The van der Waals surface area contributed by atoms with Gasteiger partial charge < -0.3 is 34.3 Å². The van der Waals surface area contributed by atoms with E-state index in [0.29, 0.717) is 12.8 Å². The van der Waals surface area contributed by atoms with Crippen molar-refractivity contribution in [3.05, 3.63) is 24.3 Å². The van der Waals surface area contributed by atoms with E-state index in [0.717, 1.165) is 64.2 Å². The summed E-state index contributed by atoms with van der Waals surface area (Å²) in [5.41, 5.74) is 0. The number of allylic oxidation sites excluding steroid dienone is 4. The molecule has 0 radical (unpaired) electrons. The third-order valence-corrected chi connectivity index (χ3v) is 11.0. The van der Waals surface area contributed by atoms with Crippen LogP contribution in [0.15, 0.2) is 24.3 Å². The molecule has 57 heavy (non-hydrogen) atoms. The summed E-state index contributed by atoms with van der Waals surface area (Å²) in [6.07, 6.45) is 28.0. The molecule has 1 heterocycles. The molecule has 13 heteroatoms. The topological polar surface area (TPSA) is 186 Å². The monoisotopic (exact) mass is 833 g/mol. The van der Waals surface area contributed by atoms with Crippen LogP contribution >= 0.6 is 0 Å². The van der Waals surface area contributed by atoms with Gasteiger partial charge in [0.1, 0.15) is 36.8 Å². The molecule has 0 saturated carbocycles. The summed E-state index contributed by atoms with van der Waals surface area (Å²) in [7, 11) is -4.60. The van der Waals surface area contributed by atoms with Crippen LogP contribution in [-0.4, -0.2) is 96.0 Å². The Balaban J connectivity index is 2.47. The second kappa shape index (κ2) is 34.9. The fourth-order valence-electron chi connectivity index (χ4n) is 6.72. The Hall–Kier alpha value is -1.87. The van der Waals surface area contributed by atoms with Gasteiger partial charge in [-0.15, -0.1) is 0 Å². The Bertz CT molecular complexity index is 1160. The number of hydrogen-bond acceptors (Lipinski definition) is 11. The van der Waals surface area contributed by atoms with Gasteiger partial charge in [-0.05, 0) is 64.2 Å². The van der Waals surface area contributed by atoms with Gasteiger partial charge in [0, 0.05) is 12.8 Å². The lowest BCUT2D eigenvalue weighted by Gasteiger charge is -2.40. The molecule has 0 amide bonds. The van der Waals surface area contributed by atoms with Gasteiger partial charge >= 0.3 is 11.9 Å². The summed E-state index contributed by atoms with van der Waals surface area (Å²) < 4.78 is 54.0. The molecule has 0 aliphatic carbocycles. The first-order chi connectivity index (χ1) is 27.5. The summed E-state index contributed by atoms with van der Waals surface area (Å²) >= 11 is 0. The fraction of sp³-hybridized carbons (Fsp3) is 0.864. The van der Waals surface area contributed by atoms with E-state index in [1.54, 1.807) is 0 Å². The van der Waals surface area contributed by atoms with Crippen LogP contribution in [0.4, 0.5) is 0 Å². The minimum Gasteiger partial charge on any atom is -0.462 e. The maximum absolute atomic E-state index is 12.8. The standard InChI is InChI=1S/C44H80O12S/c1-3-5-7-9-11-13-15-17-19-21-22-24-26-28-30-32-39(45)53-34-37(35-54-44-43(49)42(48)41(47)38(56-44)36-57(50,51)52)55-40(46)33-31-29-27-25-23-20-18-16-14-12-10-8-6-4-2/h16,18,21-22,37-38,41-44,47-49H,3-15,17,19-20,23-36H2,1-2H3,(H,50,51,52)/b18-16+,22-21+/t37-,38-,41-,42?,43?,44+/m1/s1. The second-order valence-corrected chi connectivity index (χ2v) is 17.2. The van der Waals surface area contributed by atoms with E-state index in [1.165, 1.54) is 83.5 Å². The Morgan fingerprint density at radius 1 is 0.579 bits per heavy atom. The first-order valence-corrected chi connectivity index (χ1v) is 24.0. The number of carbonyl (C=O) groups is 2. The highest BCUT2D eigenvalue weighted by atomic mass is 32.2. The number of rotatable bonds is 37. The average molecular weight is 833 g/mol. The maximum Gasteiger partial charge on any atom is 0.306 e. The van der Waals surface area contributed by atoms with Crippen molar-refractivity contribution in [1.29, 1.82) is 0 Å². The molecule has 4 N–H and O–H groups in total. The highest BCUT2D eigenvalue weighted by molar-refractivity contribution is 7.85. The van der Waals surface area contributed by atoms with E-state index in [2.05, 4.69) is 38.2 Å². The Kier molecular flexibility index (Phi) is 32.6. The number of carbonyl (C=O) groups excluding carboxylic acids is 2. The van der Waals surface area contributed by atoms with Crippen molar-refractivity contribution in [3.63, 3.8) is 0 Å². The minimum atomic E-state index is -4.60. The van der Waals surface area contributed by atoms with E-state index in [-0.39, 0.29) is 19.4 Å². The van der Waals surface area contributed by atoms with Crippen molar-refractivity contribution in [3.8, 4) is 0 Å². The van der Waals surface area contributed by atoms with Crippen LogP contribution < -0.4 is 0 Å². The molecule has 1 aliphatic heterocycles. The Morgan fingerprint density at radius 2 is 1.00 bits per heavy atom. The molecule has 1 fully saturated rings. The van der Waals surface area contributed by atoms with E-state index < -0.39 is 71.2 Å². The molecule has 12 nitrogen and oxygen atoms in total. The van der Waals surface area contributed by atoms with Crippen molar-refractivity contribution in [1.82, 2.24) is 0 Å². The second-order valence-electron chi connectivity index (χ2n) is 15.7. The summed E-state index contributed by atoms with van der Waals surface area (Å²) in [4.78, 5) is 25.4. The molecule has 0 spiro atoms. The maximum atomic E-state index is 12.8. The lowest BCUT2D eigenvalue weighted by Crippen LogP contribution is -2.60. The predicted octanol–water partition coefficient (Wildman–Crippen LogP) is 8.84. The number of aliphatic hydroxyl groups excluding tert-OH is 3. The van der Waals surface area contributed by atoms with Crippen molar-refractivity contribution >= 4 is 22.1 Å². The van der Waals surface area contributed by atoms with Gasteiger partial charge in [-0.2, -0.15) is 8.42 Å². The molecule has 1 aliphatic rings. The number of hydrogen-bond donors (Lipinski definition) is 4. The molecule has 2 unspecified atom stereocenters. The van der Waals surface area contributed by atoms with E-state index in [9.17, 15) is 37.9 Å². The largest absolute Gasteiger partial charge is 0.462 e. The van der Waals surface area contributed by atoms with Crippen LogP contribution in [0.1, 0.15) is 187 Å². The van der Waals surface area contributed by atoms with Gasteiger partial charge in [-0.25, -0.2) is 0 Å². The highest BCUT2D eigenvalue weighted by Gasteiger charge is 2.46. The van der Waals surface area contributed by atoms with Gasteiger partial charge in [-0.1, -0.05) is 134 Å². The molecule has 0 aromatic carbocycles. The number of esters is 2. The lowest BCUT2D eigenvalue weighted by atomic mass is 10.00. The molecule has 6 atom stereocenters. The lowest BCUT2D eigenvalue weighted by molar-refractivity contribution is -0.297. The highest BCUT2D eigenvalue weighted by Crippen LogP contribution is 2.24. The van der Waals surface area contributed by atoms with Gasteiger partial charge in [-0.3, -0.25) is 14.1 Å². The fourth-order valence-corrected chi connectivity index (χ4v) is 7.42.